The van der Waals surface area contributed by atoms with Crippen molar-refractivity contribution in [3.63, 3.8) is 0 Å². The molecule has 0 bridgehead atoms. The summed E-state index contributed by atoms with van der Waals surface area (Å²) in [4.78, 5) is 15.2. The van der Waals surface area contributed by atoms with Gasteiger partial charge >= 0.3 is 0 Å². The van der Waals surface area contributed by atoms with Crippen LogP contribution in [0.1, 0.15) is 5.56 Å². The first-order valence-corrected chi connectivity index (χ1v) is 20.1. The van der Waals surface area contributed by atoms with Crippen molar-refractivity contribution in [1.29, 1.82) is 5.26 Å². The van der Waals surface area contributed by atoms with Gasteiger partial charge < -0.3 is 0 Å². The highest BCUT2D eigenvalue weighted by atomic mass is 15.0. The highest BCUT2D eigenvalue weighted by Gasteiger charge is 2.20. The van der Waals surface area contributed by atoms with Gasteiger partial charge in [0, 0.05) is 16.7 Å². The zero-order valence-electron chi connectivity index (χ0n) is 32.4. The molecule has 4 nitrogen and oxygen atoms in total. The number of hydrogen-bond donors (Lipinski definition) is 0. The lowest BCUT2D eigenvalue weighted by molar-refractivity contribution is 1.07. The van der Waals surface area contributed by atoms with E-state index in [1.807, 2.05) is 66.7 Å². The minimum atomic E-state index is 0.589. The fourth-order valence-electron chi connectivity index (χ4n) is 8.62. The SMILES string of the molecule is N#Cc1ccc(-c2cccc(-c3nc(-c4ccccc4)nc(-c4ccc(-c5c6ccccc6c(-c6ccc7ccccc7c6)c6c5ccc5ccccc56)cc4)n3)c2)cc1. The van der Waals surface area contributed by atoms with Crippen molar-refractivity contribution in [2.24, 2.45) is 0 Å². The number of fused-ring (bicyclic) bond motifs is 5. The fourth-order valence-corrected chi connectivity index (χ4v) is 8.62. The van der Waals surface area contributed by atoms with Crippen LogP contribution < -0.4 is 0 Å². The van der Waals surface area contributed by atoms with Crippen LogP contribution in [-0.2, 0) is 0 Å². The van der Waals surface area contributed by atoms with Gasteiger partial charge in [-0.25, -0.2) is 15.0 Å². The van der Waals surface area contributed by atoms with E-state index in [-0.39, 0.29) is 0 Å². The fraction of sp³-hybridized carbons (Fsp3) is 0. The molecule has 0 aliphatic carbocycles. The van der Waals surface area contributed by atoms with Gasteiger partial charge in [-0.05, 0) is 101 Å². The van der Waals surface area contributed by atoms with Gasteiger partial charge in [-0.1, -0.05) is 182 Å². The van der Waals surface area contributed by atoms with E-state index in [4.69, 9.17) is 15.0 Å². The summed E-state index contributed by atoms with van der Waals surface area (Å²) in [6.07, 6.45) is 0. The number of rotatable bonds is 6. The van der Waals surface area contributed by atoms with Gasteiger partial charge in [0.05, 0.1) is 11.6 Å². The van der Waals surface area contributed by atoms with Crippen LogP contribution in [-0.4, -0.2) is 15.0 Å². The van der Waals surface area contributed by atoms with Crippen LogP contribution in [0.5, 0.6) is 0 Å². The molecule has 0 saturated heterocycles. The third kappa shape index (κ3) is 6.14. The molecule has 60 heavy (non-hydrogen) atoms. The first-order valence-electron chi connectivity index (χ1n) is 20.1. The molecule has 0 aliphatic rings. The molecule has 278 valence electrons. The minimum Gasteiger partial charge on any atom is -0.208 e. The Balaban J connectivity index is 1.08. The average Bonchev–Trinajstić information content (AvgIpc) is 3.33. The van der Waals surface area contributed by atoms with Crippen molar-refractivity contribution >= 4 is 43.1 Å². The topological polar surface area (TPSA) is 62.5 Å². The standard InChI is InChI=1S/C56H34N4/c57-35-36-21-23-38(24-22-36)44-16-10-17-46(34-44)56-59-54(41-13-2-1-3-14-41)58-55(60-56)42-28-26-40(27-29-42)51-48-19-8-9-20-49(48)52(45-30-25-37-11-4-5-15-43(37)33-45)53-47-18-7-6-12-39(47)31-32-50(51)53/h1-34H. The summed E-state index contributed by atoms with van der Waals surface area (Å²) in [7, 11) is 0. The Hall–Kier alpha value is -8.26. The quantitative estimate of drug-likeness (QED) is 0.125. The monoisotopic (exact) mass is 762 g/mol. The Bertz CT molecular complexity index is 3480. The molecule has 0 radical (unpaired) electrons. The van der Waals surface area contributed by atoms with Crippen molar-refractivity contribution in [2.75, 3.05) is 0 Å². The van der Waals surface area contributed by atoms with E-state index in [1.54, 1.807) is 0 Å². The van der Waals surface area contributed by atoms with Crippen LogP contribution in [0.25, 0.3) is 111 Å². The van der Waals surface area contributed by atoms with E-state index in [0.29, 0.717) is 23.0 Å². The van der Waals surface area contributed by atoms with Crippen molar-refractivity contribution in [1.82, 2.24) is 15.0 Å². The van der Waals surface area contributed by atoms with Gasteiger partial charge in [-0.2, -0.15) is 5.26 Å². The van der Waals surface area contributed by atoms with Crippen molar-refractivity contribution in [2.45, 2.75) is 0 Å². The molecule has 0 amide bonds. The summed E-state index contributed by atoms with van der Waals surface area (Å²) in [5.74, 6) is 1.80. The Labute approximate surface area is 347 Å². The van der Waals surface area contributed by atoms with Crippen LogP contribution in [0, 0.1) is 11.3 Å². The second kappa shape index (κ2) is 14.6. The molecule has 4 heteroatoms. The van der Waals surface area contributed by atoms with Gasteiger partial charge in [0.1, 0.15) is 0 Å². The molecule has 1 aromatic heterocycles. The molecule has 0 unspecified atom stereocenters. The Kier molecular flexibility index (Phi) is 8.50. The molecule has 11 rings (SSSR count). The maximum Gasteiger partial charge on any atom is 0.164 e. The van der Waals surface area contributed by atoms with Gasteiger partial charge in [0.15, 0.2) is 17.5 Å². The van der Waals surface area contributed by atoms with Crippen LogP contribution in [0.15, 0.2) is 206 Å². The predicted molar refractivity (Wildman–Crippen MR) is 247 cm³/mol. The number of hydrogen-bond acceptors (Lipinski definition) is 4. The molecule has 0 saturated carbocycles. The van der Waals surface area contributed by atoms with E-state index in [1.165, 1.54) is 59.8 Å². The second-order valence-corrected chi connectivity index (χ2v) is 15.1. The molecule has 1 heterocycles. The summed E-state index contributed by atoms with van der Waals surface area (Å²) in [6.45, 7) is 0. The third-order valence-corrected chi connectivity index (χ3v) is 11.5. The lowest BCUT2D eigenvalue weighted by Crippen LogP contribution is -2.00. The summed E-state index contributed by atoms with van der Waals surface area (Å²) in [5.41, 5.74) is 10.1. The van der Waals surface area contributed by atoms with Crippen molar-refractivity contribution in [3.8, 4) is 73.6 Å². The molecule has 0 N–H and O–H groups in total. The molecule has 0 spiro atoms. The van der Waals surface area contributed by atoms with Crippen LogP contribution >= 0.6 is 0 Å². The number of aromatic nitrogens is 3. The van der Waals surface area contributed by atoms with Gasteiger partial charge in [-0.3, -0.25) is 0 Å². The maximum atomic E-state index is 9.33. The maximum absolute atomic E-state index is 9.33. The highest BCUT2D eigenvalue weighted by molar-refractivity contribution is 6.28. The molecular formula is C56H34N4. The summed E-state index contributed by atoms with van der Waals surface area (Å²) in [6, 6.07) is 74.3. The van der Waals surface area contributed by atoms with E-state index in [2.05, 4.69) is 146 Å². The first kappa shape index (κ1) is 34.9. The minimum absolute atomic E-state index is 0.589. The summed E-state index contributed by atoms with van der Waals surface area (Å²) >= 11 is 0. The van der Waals surface area contributed by atoms with Crippen LogP contribution in [0.4, 0.5) is 0 Å². The van der Waals surface area contributed by atoms with E-state index < -0.39 is 0 Å². The smallest absolute Gasteiger partial charge is 0.164 e. The molecule has 0 aliphatic heterocycles. The zero-order chi connectivity index (χ0) is 40.0. The first-order chi connectivity index (χ1) is 29.7. The highest BCUT2D eigenvalue weighted by Crippen LogP contribution is 2.46. The van der Waals surface area contributed by atoms with Crippen LogP contribution in [0.2, 0.25) is 0 Å². The van der Waals surface area contributed by atoms with Gasteiger partial charge in [0.2, 0.25) is 0 Å². The lowest BCUT2D eigenvalue weighted by Gasteiger charge is -2.20. The second-order valence-electron chi connectivity index (χ2n) is 15.1. The van der Waals surface area contributed by atoms with Crippen LogP contribution in [0.3, 0.4) is 0 Å². The Morgan fingerprint density at radius 2 is 0.817 bits per heavy atom. The molecule has 0 atom stereocenters. The van der Waals surface area contributed by atoms with E-state index >= 15 is 0 Å². The molecule has 11 aromatic rings. The average molecular weight is 763 g/mol. The molecular weight excluding hydrogens is 729 g/mol. The Morgan fingerprint density at radius 1 is 0.300 bits per heavy atom. The van der Waals surface area contributed by atoms with E-state index in [0.717, 1.165) is 33.4 Å². The summed E-state index contributed by atoms with van der Waals surface area (Å²) < 4.78 is 0. The predicted octanol–water partition coefficient (Wildman–Crippen LogP) is 14.4. The summed E-state index contributed by atoms with van der Waals surface area (Å²) in [5, 5.41) is 19.1. The molecule has 10 aromatic carbocycles. The number of benzene rings is 10. The van der Waals surface area contributed by atoms with Gasteiger partial charge in [0.25, 0.3) is 0 Å². The lowest BCUT2D eigenvalue weighted by atomic mass is 9.83. The van der Waals surface area contributed by atoms with Crippen molar-refractivity contribution < 1.29 is 0 Å². The normalized spacial score (nSPS) is 11.3. The van der Waals surface area contributed by atoms with Crippen molar-refractivity contribution in [3.05, 3.63) is 212 Å². The van der Waals surface area contributed by atoms with E-state index in [9.17, 15) is 5.26 Å². The van der Waals surface area contributed by atoms with Gasteiger partial charge in [-0.15, -0.1) is 0 Å². The zero-order valence-corrected chi connectivity index (χ0v) is 32.4. The largest absolute Gasteiger partial charge is 0.208 e. The number of nitriles is 1. The Morgan fingerprint density at radius 3 is 1.55 bits per heavy atom. The molecule has 0 fully saturated rings. The third-order valence-electron chi connectivity index (χ3n) is 11.5. The number of nitrogens with zero attached hydrogens (tertiary/aromatic N) is 4.